The topological polar surface area (TPSA) is 58.9 Å². The molecule has 0 saturated carbocycles. The van der Waals surface area contributed by atoms with Crippen molar-refractivity contribution < 1.29 is 19.7 Å². The van der Waals surface area contributed by atoms with E-state index in [0.717, 1.165) is 12.0 Å². The minimum Gasteiger partial charge on any atom is -0.393 e. The number of ether oxygens (including phenoxy) is 2. The summed E-state index contributed by atoms with van der Waals surface area (Å²) in [5, 5.41) is 18.5. The second-order valence-corrected chi connectivity index (χ2v) is 4.62. The maximum absolute atomic E-state index is 9.27. The Labute approximate surface area is 104 Å². The summed E-state index contributed by atoms with van der Waals surface area (Å²) in [5.41, 5.74) is 0.235. The summed E-state index contributed by atoms with van der Waals surface area (Å²) in [7, 11) is 7.56. The fourth-order valence-electron chi connectivity index (χ4n) is 2.17. The van der Waals surface area contributed by atoms with E-state index in [1.54, 1.807) is 7.11 Å². The number of aliphatic hydroxyl groups is 2. The third kappa shape index (κ3) is 3.55. The zero-order valence-electron chi connectivity index (χ0n) is 10.6. The second-order valence-electron chi connectivity index (χ2n) is 4.62. The Morgan fingerprint density at radius 2 is 2.18 bits per heavy atom. The van der Waals surface area contributed by atoms with Crippen molar-refractivity contribution in [1.29, 1.82) is 0 Å². The molecule has 0 unspecified atom stereocenters. The van der Waals surface area contributed by atoms with Crippen LogP contribution in [0.1, 0.15) is 19.8 Å². The Hall–Kier alpha value is -0.355. The summed E-state index contributed by atoms with van der Waals surface area (Å²) < 4.78 is 10.5. The highest BCUT2D eigenvalue weighted by Gasteiger charge is 2.43. The molecule has 0 aromatic rings. The lowest BCUT2D eigenvalue weighted by Gasteiger charge is -2.23. The number of aliphatic hydroxyl groups excluding tert-OH is 2. The first-order valence-corrected chi connectivity index (χ1v) is 5.89. The predicted molar refractivity (Wildman–Crippen MR) is 65.9 cm³/mol. The highest BCUT2D eigenvalue weighted by Crippen LogP contribution is 2.37. The van der Waals surface area contributed by atoms with Gasteiger partial charge >= 0.3 is 0 Å². The monoisotopic (exact) mass is 240 g/mol. The van der Waals surface area contributed by atoms with Crippen LogP contribution in [-0.2, 0) is 9.47 Å². The van der Waals surface area contributed by atoms with Crippen molar-refractivity contribution in [3.63, 3.8) is 0 Å². The molecule has 1 rings (SSSR count). The maximum atomic E-state index is 9.27. The van der Waals surface area contributed by atoms with Gasteiger partial charge in [-0.05, 0) is 19.8 Å². The van der Waals surface area contributed by atoms with Gasteiger partial charge in [-0.1, -0.05) is 11.6 Å². The minimum absolute atomic E-state index is 0.0474. The van der Waals surface area contributed by atoms with E-state index in [1.807, 2.05) is 6.92 Å². The van der Waals surface area contributed by atoms with Crippen LogP contribution in [0.15, 0.2) is 11.6 Å². The van der Waals surface area contributed by atoms with E-state index in [2.05, 4.69) is 6.08 Å². The van der Waals surface area contributed by atoms with Crippen molar-refractivity contribution in [3.8, 4) is 0 Å². The first kappa shape index (κ1) is 14.7. The van der Waals surface area contributed by atoms with Gasteiger partial charge in [-0.2, -0.15) is 0 Å². The smallest absolute Gasteiger partial charge is 0.114 e. The van der Waals surface area contributed by atoms with Gasteiger partial charge in [-0.3, -0.25) is 0 Å². The molecule has 1 fully saturated rings. The van der Waals surface area contributed by atoms with Crippen molar-refractivity contribution >= 4 is 7.85 Å². The van der Waals surface area contributed by atoms with Crippen LogP contribution in [0.4, 0.5) is 0 Å². The molecule has 1 aliphatic heterocycles. The first-order chi connectivity index (χ1) is 8.08. The van der Waals surface area contributed by atoms with Gasteiger partial charge in [0, 0.05) is 25.6 Å². The molecule has 0 bridgehead atoms. The Morgan fingerprint density at radius 1 is 1.53 bits per heavy atom. The van der Waals surface area contributed by atoms with Crippen LogP contribution in [0.25, 0.3) is 0 Å². The van der Waals surface area contributed by atoms with Crippen LogP contribution in [0, 0.1) is 5.92 Å². The van der Waals surface area contributed by atoms with E-state index >= 15 is 0 Å². The first-order valence-electron chi connectivity index (χ1n) is 5.89. The third-order valence-corrected chi connectivity index (χ3v) is 3.32. The number of hydrogen-bond donors (Lipinski definition) is 2. The molecule has 0 aromatic heterocycles. The van der Waals surface area contributed by atoms with Gasteiger partial charge in [0.15, 0.2) is 0 Å². The average molecular weight is 240 g/mol. The minimum atomic E-state index is -0.888. The summed E-state index contributed by atoms with van der Waals surface area (Å²) in [5.74, 6) is 0.0474. The molecule has 2 radical (unpaired) electrons. The molecule has 17 heavy (non-hydrogen) atoms. The molecular weight excluding hydrogens is 219 g/mol. The molecule has 1 heterocycles. The Balaban J connectivity index is 2.63. The zero-order valence-corrected chi connectivity index (χ0v) is 10.6. The molecule has 1 aliphatic rings. The lowest BCUT2D eigenvalue weighted by atomic mass is 9.80. The number of hydrogen-bond acceptors (Lipinski definition) is 4. The predicted octanol–water partition coefficient (Wildman–Crippen LogP) is 0.224. The molecule has 96 valence electrons. The van der Waals surface area contributed by atoms with Crippen LogP contribution in [0.2, 0.25) is 0 Å². The lowest BCUT2D eigenvalue weighted by Crippen LogP contribution is -2.37. The quantitative estimate of drug-likeness (QED) is 0.396. The van der Waals surface area contributed by atoms with Crippen LogP contribution in [-0.4, -0.2) is 56.6 Å². The molecule has 1 saturated heterocycles. The van der Waals surface area contributed by atoms with Gasteiger partial charge in [0.1, 0.15) is 13.4 Å². The van der Waals surface area contributed by atoms with Gasteiger partial charge in [-0.25, -0.2) is 0 Å². The van der Waals surface area contributed by atoms with Crippen molar-refractivity contribution in [2.24, 2.45) is 5.92 Å². The molecule has 2 N–H and O–H groups in total. The Kier molecular flexibility index (Phi) is 5.66. The van der Waals surface area contributed by atoms with Crippen molar-refractivity contribution in [2.45, 2.75) is 31.4 Å². The van der Waals surface area contributed by atoms with Crippen LogP contribution >= 0.6 is 0 Å². The summed E-state index contributed by atoms with van der Waals surface area (Å²) in [4.78, 5) is 0. The molecule has 5 heteroatoms. The molecular formula is C12H21BO4. The van der Waals surface area contributed by atoms with Gasteiger partial charge in [0.25, 0.3) is 0 Å². The molecule has 4 nitrogen and oxygen atoms in total. The highest BCUT2D eigenvalue weighted by atomic mass is 16.5. The van der Waals surface area contributed by atoms with Crippen molar-refractivity contribution in [1.82, 2.24) is 0 Å². The normalized spacial score (nSPS) is 28.6. The fraction of sp³-hybridized carbons (Fsp3) is 0.833. The summed E-state index contributed by atoms with van der Waals surface area (Å²) in [6, 6.07) is -0.465. The SMILES string of the molecule is [B][C@@H]1OC(CO)(CO)C[C@H]1/C(C)=C\CCOC. The van der Waals surface area contributed by atoms with Crippen LogP contribution in [0.5, 0.6) is 0 Å². The number of methoxy groups -OCH3 is 1. The summed E-state index contributed by atoms with van der Waals surface area (Å²) in [6.07, 6.45) is 3.45. The number of rotatable bonds is 6. The van der Waals surface area contributed by atoms with E-state index in [0.29, 0.717) is 13.0 Å². The zero-order chi connectivity index (χ0) is 12.9. The largest absolute Gasteiger partial charge is 0.393 e. The Morgan fingerprint density at radius 3 is 2.65 bits per heavy atom. The lowest BCUT2D eigenvalue weighted by molar-refractivity contribution is -0.0821. The van der Waals surface area contributed by atoms with Gasteiger partial charge < -0.3 is 19.7 Å². The third-order valence-electron chi connectivity index (χ3n) is 3.32. The molecule has 0 aromatic carbocycles. The summed E-state index contributed by atoms with van der Waals surface area (Å²) in [6.45, 7) is 2.25. The van der Waals surface area contributed by atoms with Crippen molar-refractivity contribution in [2.75, 3.05) is 26.9 Å². The van der Waals surface area contributed by atoms with Gasteiger partial charge in [0.05, 0.1) is 13.2 Å². The standard InChI is InChI=1S/C12H21BO4/c1-9(4-3-5-16-2)10-6-12(7-14,8-15)17-11(10)13/h4,10-11,14-15H,3,5-8H2,1-2H3/b9-4-/t10-,11+/m0/s1. The highest BCUT2D eigenvalue weighted by molar-refractivity contribution is 6.11. The molecule has 0 spiro atoms. The molecule has 0 aliphatic carbocycles. The van der Waals surface area contributed by atoms with E-state index in [9.17, 15) is 10.2 Å². The Bertz CT molecular complexity index is 263. The second kappa shape index (κ2) is 6.54. The van der Waals surface area contributed by atoms with Crippen LogP contribution in [0.3, 0.4) is 0 Å². The van der Waals surface area contributed by atoms with E-state index in [1.165, 1.54) is 0 Å². The van der Waals surface area contributed by atoms with E-state index < -0.39 is 11.6 Å². The van der Waals surface area contributed by atoms with E-state index in [4.69, 9.17) is 17.3 Å². The fourth-order valence-corrected chi connectivity index (χ4v) is 2.17. The van der Waals surface area contributed by atoms with Crippen molar-refractivity contribution in [3.05, 3.63) is 11.6 Å². The molecule has 0 amide bonds. The van der Waals surface area contributed by atoms with Crippen LogP contribution < -0.4 is 0 Å². The maximum Gasteiger partial charge on any atom is 0.114 e. The van der Waals surface area contributed by atoms with Gasteiger partial charge in [-0.15, -0.1) is 0 Å². The van der Waals surface area contributed by atoms with E-state index in [-0.39, 0.29) is 19.1 Å². The van der Waals surface area contributed by atoms with Gasteiger partial charge in [0.2, 0.25) is 0 Å². The average Bonchev–Trinajstić information content (AvgIpc) is 2.68. The molecule has 2 atom stereocenters. The summed E-state index contributed by atoms with van der Waals surface area (Å²) >= 11 is 0.